The molecule has 1 saturated carbocycles. The van der Waals surface area contributed by atoms with Crippen molar-refractivity contribution in [3.63, 3.8) is 0 Å². The third kappa shape index (κ3) is 2.18. The van der Waals surface area contributed by atoms with Gasteiger partial charge in [-0.1, -0.05) is 13.8 Å². The highest BCUT2D eigenvalue weighted by Gasteiger charge is 2.43. The van der Waals surface area contributed by atoms with Gasteiger partial charge in [-0.25, -0.2) is 4.39 Å². The van der Waals surface area contributed by atoms with E-state index in [0.717, 1.165) is 6.07 Å². The number of anilines is 1. The molecule has 1 aliphatic carbocycles. The topological polar surface area (TPSA) is 26.0 Å². The summed E-state index contributed by atoms with van der Waals surface area (Å²) in [5, 5.41) is 0. The molecule has 0 spiro atoms. The first kappa shape index (κ1) is 13.2. The molecule has 0 amide bonds. The van der Waals surface area contributed by atoms with Crippen LogP contribution in [0.1, 0.15) is 55.2 Å². The Labute approximate surface area is 103 Å². The number of hydrogen-bond acceptors (Lipinski definition) is 1. The van der Waals surface area contributed by atoms with E-state index < -0.39 is 17.6 Å². The summed E-state index contributed by atoms with van der Waals surface area (Å²) in [5.41, 5.74) is 4.35. The molecular formula is C13H15F4N. The summed E-state index contributed by atoms with van der Waals surface area (Å²) in [6.45, 7) is 3.30. The van der Waals surface area contributed by atoms with Crippen molar-refractivity contribution in [1.82, 2.24) is 0 Å². The molecular weight excluding hydrogens is 246 g/mol. The number of benzene rings is 1. The molecule has 1 aliphatic rings. The Balaban J connectivity index is 2.75. The molecule has 18 heavy (non-hydrogen) atoms. The zero-order valence-electron chi connectivity index (χ0n) is 10.2. The first-order valence-corrected chi connectivity index (χ1v) is 5.92. The second kappa shape index (κ2) is 4.14. The Morgan fingerprint density at radius 1 is 1.28 bits per heavy atom. The fourth-order valence-corrected chi connectivity index (χ4v) is 2.25. The zero-order valence-corrected chi connectivity index (χ0v) is 10.2. The quantitative estimate of drug-likeness (QED) is 0.618. The van der Waals surface area contributed by atoms with Gasteiger partial charge in [0.05, 0.1) is 11.3 Å². The van der Waals surface area contributed by atoms with E-state index in [9.17, 15) is 17.6 Å². The summed E-state index contributed by atoms with van der Waals surface area (Å²) in [4.78, 5) is 0. The van der Waals surface area contributed by atoms with Crippen molar-refractivity contribution < 1.29 is 17.6 Å². The number of alkyl halides is 3. The van der Waals surface area contributed by atoms with Crippen molar-refractivity contribution in [3.05, 3.63) is 28.6 Å². The first-order chi connectivity index (χ1) is 8.23. The van der Waals surface area contributed by atoms with Crippen molar-refractivity contribution in [2.45, 2.75) is 44.7 Å². The average molecular weight is 261 g/mol. The number of nitrogens with two attached hydrogens (primary N) is 1. The lowest BCUT2D eigenvalue weighted by molar-refractivity contribution is -0.139. The van der Waals surface area contributed by atoms with E-state index in [1.165, 1.54) is 0 Å². The second-order valence-corrected chi connectivity index (χ2v) is 5.08. The van der Waals surface area contributed by atoms with Crippen molar-refractivity contribution in [2.24, 2.45) is 0 Å². The van der Waals surface area contributed by atoms with Crippen molar-refractivity contribution >= 4 is 5.69 Å². The van der Waals surface area contributed by atoms with Gasteiger partial charge in [-0.2, -0.15) is 13.2 Å². The van der Waals surface area contributed by atoms with Crippen LogP contribution in [0.3, 0.4) is 0 Å². The normalized spacial score (nSPS) is 16.4. The van der Waals surface area contributed by atoms with Crippen LogP contribution in [0.2, 0.25) is 0 Å². The van der Waals surface area contributed by atoms with Crippen LogP contribution >= 0.6 is 0 Å². The first-order valence-electron chi connectivity index (χ1n) is 5.92. The number of halogens is 4. The van der Waals surface area contributed by atoms with Crippen LogP contribution in [0, 0.1) is 5.82 Å². The van der Waals surface area contributed by atoms with Gasteiger partial charge in [0, 0.05) is 5.56 Å². The Morgan fingerprint density at radius 2 is 1.83 bits per heavy atom. The van der Waals surface area contributed by atoms with E-state index in [2.05, 4.69) is 0 Å². The number of rotatable bonds is 2. The summed E-state index contributed by atoms with van der Waals surface area (Å²) in [5.74, 6) is -1.57. The van der Waals surface area contributed by atoms with Gasteiger partial charge in [0.15, 0.2) is 0 Å². The molecule has 0 unspecified atom stereocenters. The summed E-state index contributed by atoms with van der Waals surface area (Å²) in [7, 11) is 0. The smallest absolute Gasteiger partial charge is 0.396 e. The van der Waals surface area contributed by atoms with Gasteiger partial charge in [-0.15, -0.1) is 0 Å². The van der Waals surface area contributed by atoms with Crippen LogP contribution < -0.4 is 5.73 Å². The highest BCUT2D eigenvalue weighted by molar-refractivity contribution is 5.55. The van der Waals surface area contributed by atoms with E-state index in [1.54, 1.807) is 13.8 Å². The lowest BCUT2D eigenvalue weighted by atomic mass is 9.89. The molecule has 100 valence electrons. The number of nitrogen functional groups attached to an aromatic ring is 1. The van der Waals surface area contributed by atoms with Crippen molar-refractivity contribution in [2.75, 3.05) is 5.73 Å². The lowest BCUT2D eigenvalue weighted by Crippen LogP contribution is -2.16. The Kier molecular flexibility index (Phi) is 3.03. The molecule has 1 fully saturated rings. The van der Waals surface area contributed by atoms with Crippen LogP contribution in [-0.4, -0.2) is 0 Å². The van der Waals surface area contributed by atoms with E-state index in [0.29, 0.717) is 12.8 Å². The van der Waals surface area contributed by atoms with Gasteiger partial charge in [-0.05, 0) is 36.3 Å². The molecule has 0 heterocycles. The van der Waals surface area contributed by atoms with Gasteiger partial charge in [0.2, 0.25) is 0 Å². The molecule has 2 N–H and O–H groups in total. The van der Waals surface area contributed by atoms with E-state index in [-0.39, 0.29) is 28.7 Å². The van der Waals surface area contributed by atoms with Crippen molar-refractivity contribution in [3.8, 4) is 0 Å². The molecule has 2 rings (SSSR count). The molecule has 0 radical (unpaired) electrons. The Bertz CT molecular complexity index is 473. The lowest BCUT2D eigenvalue weighted by Gasteiger charge is -2.21. The zero-order chi connectivity index (χ0) is 13.7. The Morgan fingerprint density at radius 3 is 2.22 bits per heavy atom. The minimum atomic E-state index is -4.54. The maximum absolute atomic E-state index is 13.9. The fourth-order valence-electron chi connectivity index (χ4n) is 2.25. The molecule has 1 nitrogen and oxygen atoms in total. The molecule has 1 aromatic carbocycles. The fraction of sp³-hybridized carbons (Fsp3) is 0.538. The van der Waals surface area contributed by atoms with Gasteiger partial charge in [-0.3, -0.25) is 0 Å². The summed E-state index contributed by atoms with van der Waals surface area (Å²) >= 11 is 0. The molecule has 0 bridgehead atoms. The Hall–Kier alpha value is -1.26. The predicted molar refractivity (Wildman–Crippen MR) is 61.9 cm³/mol. The maximum Gasteiger partial charge on any atom is 0.417 e. The van der Waals surface area contributed by atoms with Gasteiger partial charge >= 0.3 is 6.18 Å². The standard InChI is InChI=1S/C13H15F4N/c1-6(2)8-5-9(18)12(14)10(7-3-4-7)11(8)13(15,16)17/h5-7H,3-4,18H2,1-2H3. The van der Waals surface area contributed by atoms with Gasteiger partial charge in [0.1, 0.15) is 5.82 Å². The summed E-state index contributed by atoms with van der Waals surface area (Å²) in [6, 6.07) is 1.12. The maximum atomic E-state index is 13.9. The van der Waals surface area contributed by atoms with Crippen LogP contribution in [-0.2, 0) is 6.18 Å². The van der Waals surface area contributed by atoms with E-state index in [4.69, 9.17) is 5.73 Å². The molecule has 0 saturated heterocycles. The van der Waals surface area contributed by atoms with Crippen LogP contribution in [0.25, 0.3) is 0 Å². The molecule has 1 aromatic rings. The summed E-state index contributed by atoms with van der Waals surface area (Å²) in [6.07, 6.45) is -3.34. The highest BCUT2D eigenvalue weighted by atomic mass is 19.4. The van der Waals surface area contributed by atoms with E-state index in [1.807, 2.05) is 0 Å². The predicted octanol–water partition coefficient (Wildman–Crippen LogP) is 4.43. The SMILES string of the molecule is CC(C)c1cc(N)c(F)c(C2CC2)c1C(F)(F)F. The van der Waals surface area contributed by atoms with Crippen LogP contribution in [0.4, 0.5) is 23.2 Å². The molecule has 0 aromatic heterocycles. The van der Waals surface area contributed by atoms with Crippen molar-refractivity contribution in [1.29, 1.82) is 0 Å². The highest BCUT2D eigenvalue weighted by Crippen LogP contribution is 2.50. The molecule has 0 aliphatic heterocycles. The van der Waals surface area contributed by atoms with Crippen LogP contribution in [0.5, 0.6) is 0 Å². The molecule has 0 atom stereocenters. The third-order valence-corrected chi connectivity index (χ3v) is 3.25. The average Bonchev–Trinajstić information content (AvgIpc) is 3.02. The number of hydrogen-bond donors (Lipinski definition) is 1. The monoisotopic (exact) mass is 261 g/mol. The third-order valence-electron chi connectivity index (χ3n) is 3.25. The summed E-state index contributed by atoms with van der Waals surface area (Å²) < 4.78 is 53.4. The van der Waals surface area contributed by atoms with Gasteiger partial charge in [0.25, 0.3) is 0 Å². The largest absolute Gasteiger partial charge is 0.417 e. The van der Waals surface area contributed by atoms with Crippen LogP contribution in [0.15, 0.2) is 6.07 Å². The van der Waals surface area contributed by atoms with E-state index >= 15 is 0 Å². The second-order valence-electron chi connectivity index (χ2n) is 5.08. The minimum absolute atomic E-state index is 0.0864. The minimum Gasteiger partial charge on any atom is -0.396 e. The molecule has 5 heteroatoms. The van der Waals surface area contributed by atoms with Gasteiger partial charge < -0.3 is 5.73 Å².